The van der Waals surface area contributed by atoms with Crippen LogP contribution in [0.1, 0.15) is 52.4 Å². The second-order valence-corrected chi connectivity index (χ2v) is 6.57. The molecule has 2 rings (SSSR count). The van der Waals surface area contributed by atoms with Gasteiger partial charge in [0.1, 0.15) is 5.54 Å². The summed E-state index contributed by atoms with van der Waals surface area (Å²) in [5, 5.41) is 12.3. The first-order valence-corrected chi connectivity index (χ1v) is 7.75. The van der Waals surface area contributed by atoms with E-state index in [1.54, 1.807) is 4.90 Å². The van der Waals surface area contributed by atoms with Gasteiger partial charge in [0.15, 0.2) is 0 Å². The van der Waals surface area contributed by atoms with Crippen molar-refractivity contribution in [2.45, 2.75) is 57.9 Å². The van der Waals surface area contributed by atoms with Crippen LogP contribution in [-0.4, -0.2) is 40.6 Å². The van der Waals surface area contributed by atoms with E-state index in [9.17, 15) is 14.7 Å². The molecule has 0 spiro atoms. The summed E-state index contributed by atoms with van der Waals surface area (Å²) in [4.78, 5) is 25.7. The van der Waals surface area contributed by atoms with E-state index in [1.165, 1.54) is 0 Å². The van der Waals surface area contributed by atoms with E-state index in [0.717, 1.165) is 38.8 Å². The van der Waals surface area contributed by atoms with Gasteiger partial charge in [-0.15, -0.1) is 0 Å². The zero-order valence-corrected chi connectivity index (χ0v) is 12.5. The highest BCUT2D eigenvalue weighted by Gasteiger charge is 2.42. The molecule has 1 saturated carbocycles. The minimum atomic E-state index is -1.04. The molecule has 0 aromatic carbocycles. The highest BCUT2D eigenvalue weighted by molar-refractivity contribution is 5.86. The fourth-order valence-corrected chi connectivity index (χ4v) is 3.28. The SMILES string of the molecule is CC1CCN(C(=O)NC2(C(=O)O)CCCCC2)CC1C. The lowest BCUT2D eigenvalue weighted by molar-refractivity contribution is -0.146. The quantitative estimate of drug-likeness (QED) is 0.817. The van der Waals surface area contributed by atoms with Crippen LogP contribution < -0.4 is 5.32 Å². The summed E-state index contributed by atoms with van der Waals surface area (Å²) in [7, 11) is 0. The maximum absolute atomic E-state index is 12.4. The van der Waals surface area contributed by atoms with Gasteiger partial charge in [-0.25, -0.2) is 9.59 Å². The Bertz CT molecular complexity index is 377. The van der Waals surface area contributed by atoms with Crippen LogP contribution in [0, 0.1) is 11.8 Å². The molecule has 1 heterocycles. The van der Waals surface area contributed by atoms with E-state index in [1.807, 2.05) is 0 Å². The molecule has 2 fully saturated rings. The average Bonchev–Trinajstić information content (AvgIpc) is 2.42. The van der Waals surface area contributed by atoms with Gasteiger partial charge < -0.3 is 15.3 Å². The number of nitrogens with one attached hydrogen (secondary N) is 1. The van der Waals surface area contributed by atoms with Crippen molar-refractivity contribution in [2.24, 2.45) is 11.8 Å². The van der Waals surface area contributed by atoms with Gasteiger partial charge in [0.2, 0.25) is 0 Å². The van der Waals surface area contributed by atoms with Crippen molar-refractivity contribution in [1.29, 1.82) is 0 Å². The molecular weight excluding hydrogens is 256 g/mol. The molecule has 2 aliphatic rings. The number of carboxylic acid groups (broad SMARTS) is 1. The lowest BCUT2D eigenvalue weighted by atomic mass is 9.81. The van der Waals surface area contributed by atoms with Crippen molar-refractivity contribution in [1.82, 2.24) is 10.2 Å². The van der Waals surface area contributed by atoms with Crippen molar-refractivity contribution in [3.63, 3.8) is 0 Å². The Kier molecular flexibility index (Phi) is 4.55. The Morgan fingerprint density at radius 3 is 2.35 bits per heavy atom. The summed E-state index contributed by atoms with van der Waals surface area (Å²) in [6.45, 7) is 5.81. The summed E-state index contributed by atoms with van der Waals surface area (Å²) in [6.07, 6.45) is 4.90. The number of carbonyl (C=O) groups is 2. The number of piperidine rings is 1. The number of urea groups is 1. The lowest BCUT2D eigenvalue weighted by Crippen LogP contribution is -2.60. The van der Waals surface area contributed by atoms with E-state index in [2.05, 4.69) is 19.2 Å². The molecule has 1 aliphatic heterocycles. The molecule has 1 saturated heterocycles. The number of hydrogen-bond donors (Lipinski definition) is 2. The first kappa shape index (κ1) is 15.1. The van der Waals surface area contributed by atoms with Crippen LogP contribution in [0.4, 0.5) is 4.79 Å². The zero-order chi connectivity index (χ0) is 14.8. The van der Waals surface area contributed by atoms with Crippen LogP contribution in [-0.2, 0) is 4.79 Å². The summed E-state index contributed by atoms with van der Waals surface area (Å²) in [6, 6.07) is -0.201. The molecule has 0 aromatic heterocycles. The van der Waals surface area contributed by atoms with Gasteiger partial charge >= 0.3 is 12.0 Å². The second-order valence-electron chi connectivity index (χ2n) is 6.57. The molecule has 2 unspecified atom stereocenters. The maximum atomic E-state index is 12.4. The van der Waals surface area contributed by atoms with Crippen LogP contribution in [0.25, 0.3) is 0 Å². The molecule has 2 N–H and O–H groups in total. The number of nitrogens with zero attached hydrogens (tertiary/aromatic N) is 1. The standard InChI is InChI=1S/C15H26N2O3/c1-11-6-9-17(10-12(11)2)14(20)16-15(13(18)19)7-4-3-5-8-15/h11-12H,3-10H2,1-2H3,(H,16,20)(H,18,19). The topological polar surface area (TPSA) is 69.6 Å². The molecule has 5 heteroatoms. The minimum Gasteiger partial charge on any atom is -0.480 e. The molecule has 1 aliphatic carbocycles. The molecule has 20 heavy (non-hydrogen) atoms. The Morgan fingerprint density at radius 2 is 1.80 bits per heavy atom. The Morgan fingerprint density at radius 1 is 1.15 bits per heavy atom. The summed E-state index contributed by atoms with van der Waals surface area (Å²) in [5.41, 5.74) is -1.04. The molecule has 0 aromatic rings. The summed E-state index contributed by atoms with van der Waals surface area (Å²) < 4.78 is 0. The van der Waals surface area contributed by atoms with E-state index in [4.69, 9.17) is 0 Å². The second kappa shape index (κ2) is 6.02. The third-order valence-electron chi connectivity index (χ3n) is 5.08. The molecule has 0 bridgehead atoms. The molecular formula is C15H26N2O3. The largest absolute Gasteiger partial charge is 0.480 e. The highest BCUT2D eigenvalue weighted by atomic mass is 16.4. The molecule has 2 amide bonds. The van der Waals surface area contributed by atoms with E-state index in [0.29, 0.717) is 24.7 Å². The normalized spacial score (nSPS) is 29.8. The predicted molar refractivity (Wildman–Crippen MR) is 76.5 cm³/mol. The maximum Gasteiger partial charge on any atom is 0.329 e. The predicted octanol–water partition coefficient (Wildman–Crippen LogP) is 2.46. The van der Waals surface area contributed by atoms with Crippen molar-refractivity contribution >= 4 is 12.0 Å². The van der Waals surface area contributed by atoms with Gasteiger partial charge in [-0.3, -0.25) is 0 Å². The number of hydrogen-bond acceptors (Lipinski definition) is 2. The van der Waals surface area contributed by atoms with Crippen LogP contribution in [0.5, 0.6) is 0 Å². The Hall–Kier alpha value is -1.26. The third-order valence-corrected chi connectivity index (χ3v) is 5.08. The van der Waals surface area contributed by atoms with Gasteiger partial charge in [0.25, 0.3) is 0 Å². The number of amides is 2. The Balaban J connectivity index is 2.00. The fraction of sp³-hybridized carbons (Fsp3) is 0.867. The first-order valence-electron chi connectivity index (χ1n) is 7.75. The van der Waals surface area contributed by atoms with Crippen LogP contribution >= 0.6 is 0 Å². The molecule has 114 valence electrons. The van der Waals surface area contributed by atoms with E-state index < -0.39 is 11.5 Å². The zero-order valence-electron chi connectivity index (χ0n) is 12.5. The fourth-order valence-electron chi connectivity index (χ4n) is 3.28. The number of carbonyl (C=O) groups excluding carboxylic acids is 1. The van der Waals surface area contributed by atoms with Gasteiger partial charge in [-0.1, -0.05) is 33.1 Å². The van der Waals surface area contributed by atoms with Gasteiger partial charge in [0.05, 0.1) is 0 Å². The molecule has 0 radical (unpaired) electrons. The van der Waals surface area contributed by atoms with E-state index >= 15 is 0 Å². The molecule has 5 nitrogen and oxygen atoms in total. The van der Waals surface area contributed by atoms with Crippen molar-refractivity contribution < 1.29 is 14.7 Å². The number of rotatable bonds is 2. The minimum absolute atomic E-state index is 0.201. The monoisotopic (exact) mass is 282 g/mol. The van der Waals surface area contributed by atoms with Crippen molar-refractivity contribution in [3.8, 4) is 0 Å². The van der Waals surface area contributed by atoms with Crippen LogP contribution in [0.15, 0.2) is 0 Å². The van der Waals surface area contributed by atoms with Crippen LogP contribution in [0.3, 0.4) is 0 Å². The first-order chi connectivity index (χ1) is 9.44. The summed E-state index contributed by atoms with van der Waals surface area (Å²) in [5.74, 6) is 0.216. The van der Waals surface area contributed by atoms with Gasteiger partial charge in [-0.2, -0.15) is 0 Å². The van der Waals surface area contributed by atoms with Gasteiger partial charge in [-0.05, 0) is 31.1 Å². The smallest absolute Gasteiger partial charge is 0.329 e. The Labute approximate surface area is 120 Å². The average molecular weight is 282 g/mol. The highest BCUT2D eigenvalue weighted by Crippen LogP contribution is 2.29. The number of carboxylic acids is 1. The van der Waals surface area contributed by atoms with E-state index in [-0.39, 0.29) is 6.03 Å². The van der Waals surface area contributed by atoms with Crippen LogP contribution in [0.2, 0.25) is 0 Å². The summed E-state index contributed by atoms with van der Waals surface area (Å²) >= 11 is 0. The third kappa shape index (κ3) is 3.07. The van der Waals surface area contributed by atoms with Crippen molar-refractivity contribution in [2.75, 3.05) is 13.1 Å². The van der Waals surface area contributed by atoms with Crippen molar-refractivity contribution in [3.05, 3.63) is 0 Å². The van der Waals surface area contributed by atoms with Gasteiger partial charge in [0, 0.05) is 13.1 Å². The lowest BCUT2D eigenvalue weighted by Gasteiger charge is -2.39. The molecule has 2 atom stereocenters. The number of aliphatic carboxylic acids is 1. The number of likely N-dealkylation sites (tertiary alicyclic amines) is 1.